The lowest BCUT2D eigenvalue weighted by Gasteiger charge is -2.14. The van der Waals surface area contributed by atoms with E-state index in [-0.39, 0.29) is 0 Å². The molecule has 0 saturated carbocycles. The van der Waals surface area contributed by atoms with Gasteiger partial charge in [-0.25, -0.2) is 5.43 Å². The van der Waals surface area contributed by atoms with E-state index < -0.39 is 0 Å². The van der Waals surface area contributed by atoms with Gasteiger partial charge in [0.25, 0.3) is 0 Å². The van der Waals surface area contributed by atoms with Gasteiger partial charge in [0.15, 0.2) is 0 Å². The first kappa shape index (κ1) is 13.5. The molecule has 1 aromatic rings. The molecule has 1 fully saturated rings. The predicted octanol–water partition coefficient (Wildman–Crippen LogP) is 2.21. The van der Waals surface area contributed by atoms with Crippen LogP contribution < -0.4 is 16.2 Å². The highest BCUT2D eigenvalue weighted by Gasteiger charge is 2.25. The number of aryl methyl sites for hydroxylation is 2. The monoisotopic (exact) mass is 247 g/mol. The first-order valence-corrected chi connectivity index (χ1v) is 6.99. The van der Waals surface area contributed by atoms with Crippen molar-refractivity contribution < 1.29 is 0 Å². The van der Waals surface area contributed by atoms with Gasteiger partial charge in [0.1, 0.15) is 0 Å². The van der Waals surface area contributed by atoms with Gasteiger partial charge in [0.05, 0.1) is 0 Å². The van der Waals surface area contributed by atoms with E-state index in [1.165, 1.54) is 23.1 Å². The van der Waals surface area contributed by atoms with E-state index in [4.69, 9.17) is 0 Å². The van der Waals surface area contributed by atoms with Gasteiger partial charge in [-0.1, -0.05) is 30.7 Å². The molecule has 3 nitrogen and oxygen atoms in total. The van der Waals surface area contributed by atoms with E-state index in [9.17, 15) is 0 Å². The maximum atomic E-state index is 3.47. The van der Waals surface area contributed by atoms with Crippen molar-refractivity contribution in [3.8, 4) is 0 Å². The largest absolute Gasteiger partial charge is 0.315 e. The Kier molecular flexibility index (Phi) is 4.75. The summed E-state index contributed by atoms with van der Waals surface area (Å²) >= 11 is 0. The summed E-state index contributed by atoms with van der Waals surface area (Å²) in [5.74, 6) is 0. The van der Waals surface area contributed by atoms with Crippen molar-refractivity contribution in [1.82, 2.24) is 16.2 Å². The summed E-state index contributed by atoms with van der Waals surface area (Å²) in [6.45, 7) is 8.70. The van der Waals surface area contributed by atoms with Crippen LogP contribution in [0.3, 0.4) is 0 Å². The molecule has 100 valence electrons. The van der Waals surface area contributed by atoms with Crippen LogP contribution in [0.4, 0.5) is 0 Å². The Labute approximate surface area is 110 Å². The van der Waals surface area contributed by atoms with E-state index in [1.54, 1.807) is 0 Å². The average molecular weight is 247 g/mol. The normalized spacial score (nSPS) is 23.5. The molecule has 0 radical (unpaired) electrons. The minimum absolute atomic E-state index is 0.443. The van der Waals surface area contributed by atoms with Gasteiger partial charge in [0.2, 0.25) is 0 Å². The Morgan fingerprint density at radius 2 is 2.11 bits per heavy atom. The van der Waals surface area contributed by atoms with Crippen LogP contribution in [0.2, 0.25) is 0 Å². The second kappa shape index (κ2) is 6.32. The van der Waals surface area contributed by atoms with Gasteiger partial charge in [0, 0.05) is 18.6 Å². The molecule has 18 heavy (non-hydrogen) atoms. The number of hydrazine groups is 1. The Bertz CT molecular complexity index is 389. The van der Waals surface area contributed by atoms with Gasteiger partial charge < -0.3 is 5.32 Å². The highest BCUT2D eigenvalue weighted by Crippen LogP contribution is 2.25. The number of hydrogen-bond donors (Lipinski definition) is 3. The molecule has 0 aliphatic carbocycles. The second-order valence-electron chi connectivity index (χ2n) is 5.34. The summed E-state index contributed by atoms with van der Waals surface area (Å²) in [4.78, 5) is 0. The molecule has 2 unspecified atom stereocenters. The highest BCUT2D eigenvalue weighted by molar-refractivity contribution is 5.33. The van der Waals surface area contributed by atoms with Gasteiger partial charge in [-0.15, -0.1) is 0 Å². The number of nitrogens with one attached hydrogen (secondary N) is 3. The summed E-state index contributed by atoms with van der Waals surface area (Å²) in [6, 6.07) is 7.67. The number of benzene rings is 1. The van der Waals surface area contributed by atoms with Crippen molar-refractivity contribution in [1.29, 1.82) is 0 Å². The molecule has 2 atom stereocenters. The predicted molar refractivity (Wildman–Crippen MR) is 76.5 cm³/mol. The lowest BCUT2D eigenvalue weighted by molar-refractivity contribution is 0.505. The standard InChI is InChI=1S/C15H25N3/c1-4-7-16-10-13-9-15(18-17-13)14-8-11(2)5-6-12(14)3/h5-6,8,13,15-18H,4,7,9-10H2,1-3H3. The number of rotatable bonds is 5. The van der Waals surface area contributed by atoms with Crippen molar-refractivity contribution in [3.63, 3.8) is 0 Å². The van der Waals surface area contributed by atoms with Crippen LogP contribution in [0.25, 0.3) is 0 Å². The molecule has 1 aliphatic heterocycles. The van der Waals surface area contributed by atoms with Crippen LogP contribution in [0.15, 0.2) is 18.2 Å². The fourth-order valence-corrected chi connectivity index (χ4v) is 2.55. The van der Waals surface area contributed by atoms with E-state index in [1.807, 2.05) is 0 Å². The minimum atomic E-state index is 0.443. The molecule has 0 spiro atoms. The molecule has 1 aliphatic rings. The van der Waals surface area contributed by atoms with E-state index >= 15 is 0 Å². The first-order chi connectivity index (χ1) is 8.70. The summed E-state index contributed by atoms with van der Waals surface area (Å²) in [5.41, 5.74) is 11.0. The maximum absolute atomic E-state index is 3.47. The molecule has 0 amide bonds. The Morgan fingerprint density at radius 1 is 1.28 bits per heavy atom. The molecule has 2 rings (SSSR count). The lowest BCUT2D eigenvalue weighted by Crippen LogP contribution is -2.38. The highest BCUT2D eigenvalue weighted by atomic mass is 15.4. The molecule has 3 N–H and O–H groups in total. The van der Waals surface area contributed by atoms with E-state index in [0.29, 0.717) is 12.1 Å². The van der Waals surface area contributed by atoms with E-state index in [0.717, 1.165) is 19.5 Å². The SMILES string of the molecule is CCCNCC1CC(c2cc(C)ccc2C)NN1. The third kappa shape index (κ3) is 3.31. The van der Waals surface area contributed by atoms with E-state index in [2.05, 4.69) is 55.1 Å². The van der Waals surface area contributed by atoms with Crippen LogP contribution in [-0.2, 0) is 0 Å². The summed E-state index contributed by atoms with van der Waals surface area (Å²) < 4.78 is 0. The zero-order chi connectivity index (χ0) is 13.0. The van der Waals surface area contributed by atoms with Crippen LogP contribution in [0.5, 0.6) is 0 Å². The van der Waals surface area contributed by atoms with Crippen molar-refractivity contribution in [2.45, 2.75) is 45.7 Å². The summed E-state index contributed by atoms with van der Waals surface area (Å²) in [7, 11) is 0. The summed E-state index contributed by atoms with van der Waals surface area (Å²) in [6.07, 6.45) is 2.35. The Balaban J connectivity index is 1.93. The third-order valence-electron chi connectivity index (χ3n) is 3.61. The minimum Gasteiger partial charge on any atom is -0.315 e. The van der Waals surface area contributed by atoms with Crippen LogP contribution >= 0.6 is 0 Å². The van der Waals surface area contributed by atoms with Gasteiger partial charge in [-0.2, -0.15) is 0 Å². The van der Waals surface area contributed by atoms with Crippen molar-refractivity contribution in [2.75, 3.05) is 13.1 Å². The van der Waals surface area contributed by atoms with Crippen LogP contribution in [0.1, 0.15) is 42.5 Å². The molecule has 3 heteroatoms. The van der Waals surface area contributed by atoms with Crippen molar-refractivity contribution >= 4 is 0 Å². The quantitative estimate of drug-likeness (QED) is 0.698. The Morgan fingerprint density at radius 3 is 2.89 bits per heavy atom. The van der Waals surface area contributed by atoms with Gasteiger partial charge >= 0.3 is 0 Å². The average Bonchev–Trinajstić information content (AvgIpc) is 2.81. The molecular weight excluding hydrogens is 222 g/mol. The van der Waals surface area contributed by atoms with Crippen molar-refractivity contribution in [2.24, 2.45) is 0 Å². The Hall–Kier alpha value is -0.900. The fraction of sp³-hybridized carbons (Fsp3) is 0.600. The fourth-order valence-electron chi connectivity index (χ4n) is 2.55. The molecule has 1 heterocycles. The molecule has 1 saturated heterocycles. The zero-order valence-corrected chi connectivity index (χ0v) is 11.7. The third-order valence-corrected chi connectivity index (χ3v) is 3.61. The number of hydrogen-bond acceptors (Lipinski definition) is 3. The zero-order valence-electron chi connectivity index (χ0n) is 11.7. The molecule has 0 bridgehead atoms. The topological polar surface area (TPSA) is 36.1 Å². The summed E-state index contributed by atoms with van der Waals surface area (Å²) in [5, 5.41) is 3.47. The smallest absolute Gasteiger partial charge is 0.0481 e. The maximum Gasteiger partial charge on any atom is 0.0481 e. The van der Waals surface area contributed by atoms with Gasteiger partial charge in [-0.3, -0.25) is 5.43 Å². The molecule has 1 aromatic carbocycles. The molecular formula is C15H25N3. The first-order valence-electron chi connectivity index (χ1n) is 6.99. The van der Waals surface area contributed by atoms with Crippen LogP contribution in [0, 0.1) is 13.8 Å². The second-order valence-corrected chi connectivity index (χ2v) is 5.34. The van der Waals surface area contributed by atoms with Gasteiger partial charge in [-0.05, 0) is 44.4 Å². The molecule has 0 aromatic heterocycles. The van der Waals surface area contributed by atoms with Crippen LogP contribution in [-0.4, -0.2) is 19.1 Å². The lowest BCUT2D eigenvalue weighted by atomic mass is 9.96. The van der Waals surface area contributed by atoms with Crippen molar-refractivity contribution in [3.05, 3.63) is 34.9 Å².